The minimum absolute atomic E-state index is 0.0134. The molecule has 0 fully saturated rings. The number of hydrogen-bond donors (Lipinski definition) is 12. The molecular formula is C47H63N11O13S. The molecule has 1 aliphatic rings. The molecule has 0 unspecified atom stereocenters. The summed E-state index contributed by atoms with van der Waals surface area (Å²) in [6.07, 6.45) is -1.56. The van der Waals surface area contributed by atoms with E-state index in [4.69, 9.17) is 31.8 Å². The largest absolute Gasteiger partial charge is 0.507 e. The maximum Gasteiger partial charge on any atom is 0.326 e. The first-order valence-electron chi connectivity index (χ1n) is 22.7. The third kappa shape index (κ3) is 13.8. The number of aromatic hydroxyl groups is 2. The van der Waals surface area contributed by atoms with Crippen molar-refractivity contribution < 1.29 is 62.3 Å². The number of likely N-dealkylation sites (N-methyl/N-ethyl adjacent to an activating group) is 1. The number of hydrogen-bond acceptors (Lipinski definition) is 17. The van der Waals surface area contributed by atoms with E-state index in [1.165, 1.54) is 45.2 Å². The summed E-state index contributed by atoms with van der Waals surface area (Å²) in [6.45, 7) is 7.76. The molecule has 0 aliphatic carbocycles. The molecule has 3 aromatic carbocycles. The van der Waals surface area contributed by atoms with Crippen LogP contribution >= 0.6 is 0 Å². The molecule has 1 aromatic heterocycles. The van der Waals surface area contributed by atoms with Gasteiger partial charge in [0.25, 0.3) is 16.1 Å². The number of aromatic nitrogens is 2. The van der Waals surface area contributed by atoms with Crippen LogP contribution in [0.1, 0.15) is 79.3 Å². The Hall–Kier alpha value is -7.16. The van der Waals surface area contributed by atoms with Gasteiger partial charge in [-0.1, -0.05) is 32.9 Å². The maximum atomic E-state index is 15.0. The van der Waals surface area contributed by atoms with Crippen LogP contribution in [0.3, 0.4) is 0 Å². The number of carboxylic acids is 1. The zero-order chi connectivity index (χ0) is 53.4. The lowest BCUT2D eigenvalue weighted by atomic mass is 9.86. The SMILES string of the molecule is Cc1nc(-c2ccc(C(C)(C)C)cc2O)nc(N)c1C(=O)N[C@@H](CCNS(N)(=O)=O)C(=O)N(C)[C@@H]1C(=O)N[C@@H](C)C(=O)N[C@H](C(=O)O)Cc2ccc(OCCCN)c(c2)-c2cc1cc(OC[C@H](O)CN)c2O. The Balaban J connectivity index is 1.67. The van der Waals surface area contributed by atoms with Gasteiger partial charge in [-0.2, -0.15) is 8.42 Å². The number of fused-ring (bicyclic) bond motifs is 5. The molecule has 16 N–H and O–H groups in total. The number of nitrogens with two attached hydrogens (primary N) is 4. The number of aliphatic hydroxyl groups excluding tert-OH is 1. The van der Waals surface area contributed by atoms with E-state index < -0.39 is 95.4 Å². The number of aliphatic carboxylic acids is 1. The predicted octanol–water partition coefficient (Wildman–Crippen LogP) is -0.0526. The van der Waals surface area contributed by atoms with Gasteiger partial charge in [-0.15, -0.1) is 0 Å². The number of benzene rings is 3. The first-order valence-corrected chi connectivity index (χ1v) is 24.3. The van der Waals surface area contributed by atoms with E-state index in [9.17, 15) is 52.8 Å². The first kappa shape index (κ1) is 55.8. The highest BCUT2D eigenvalue weighted by Crippen LogP contribution is 2.45. The van der Waals surface area contributed by atoms with Gasteiger partial charge in [0.05, 0.1) is 17.9 Å². The Morgan fingerprint density at radius 3 is 2.28 bits per heavy atom. The number of nitrogens with one attached hydrogen (secondary N) is 4. The maximum absolute atomic E-state index is 15.0. The Morgan fingerprint density at radius 2 is 1.67 bits per heavy atom. The highest BCUT2D eigenvalue weighted by molar-refractivity contribution is 7.87. The lowest BCUT2D eigenvalue weighted by molar-refractivity contribution is -0.143. The summed E-state index contributed by atoms with van der Waals surface area (Å²) in [5.74, 6) is -6.56. The lowest BCUT2D eigenvalue weighted by Gasteiger charge is -2.33. The van der Waals surface area contributed by atoms with E-state index in [0.29, 0.717) is 12.0 Å². The van der Waals surface area contributed by atoms with Crippen LogP contribution in [0.2, 0.25) is 0 Å². The van der Waals surface area contributed by atoms with Gasteiger partial charge in [0, 0.05) is 37.7 Å². The average molecular weight is 1020 g/mol. The normalized spacial score (nSPS) is 17.1. The second-order valence-electron chi connectivity index (χ2n) is 18.3. The van der Waals surface area contributed by atoms with Crippen molar-refractivity contribution in [1.82, 2.24) is 35.5 Å². The Bertz CT molecular complexity index is 2780. The molecule has 390 valence electrons. The quantitative estimate of drug-likeness (QED) is 0.0581. The second kappa shape index (κ2) is 23.4. The summed E-state index contributed by atoms with van der Waals surface area (Å²) in [7, 11) is -3.17. The van der Waals surface area contributed by atoms with Gasteiger partial charge in [-0.05, 0) is 91.7 Å². The number of nitrogen functional groups attached to an aromatic ring is 1. The average Bonchev–Trinajstić information content (AvgIpc) is 3.29. The topological polar surface area (TPSA) is 400 Å². The fraction of sp³-hybridized carbons (Fsp3) is 0.426. The number of carboxylic acid groups (broad SMARTS) is 1. The summed E-state index contributed by atoms with van der Waals surface area (Å²) >= 11 is 0. The second-order valence-corrected chi connectivity index (χ2v) is 19.6. The number of carbonyl (C=O) groups excluding carboxylic acids is 4. The molecule has 0 saturated heterocycles. The van der Waals surface area contributed by atoms with Crippen LogP contribution in [0, 0.1) is 6.92 Å². The van der Waals surface area contributed by atoms with Gasteiger partial charge in [-0.25, -0.2) is 24.6 Å². The van der Waals surface area contributed by atoms with Crippen LogP contribution in [-0.2, 0) is 41.2 Å². The smallest absolute Gasteiger partial charge is 0.326 e. The van der Waals surface area contributed by atoms with Crippen molar-refractivity contribution in [2.75, 3.05) is 45.6 Å². The third-order valence-electron chi connectivity index (χ3n) is 11.6. The summed E-state index contributed by atoms with van der Waals surface area (Å²) in [6, 6.07) is 5.66. The molecular weight excluding hydrogens is 959 g/mol. The Labute approximate surface area is 416 Å². The molecule has 5 rings (SSSR count). The number of aryl methyl sites for hydroxylation is 1. The number of rotatable bonds is 18. The highest BCUT2D eigenvalue weighted by Gasteiger charge is 2.37. The number of phenolic OH excluding ortho intramolecular Hbond substituents is 2. The number of aliphatic hydroxyl groups is 1. The molecule has 0 saturated carbocycles. The van der Waals surface area contributed by atoms with Gasteiger partial charge >= 0.3 is 5.97 Å². The molecule has 2 heterocycles. The van der Waals surface area contributed by atoms with Crippen LogP contribution in [0.4, 0.5) is 5.82 Å². The van der Waals surface area contributed by atoms with Crippen molar-refractivity contribution in [1.29, 1.82) is 0 Å². The number of phenols is 2. The zero-order valence-electron chi connectivity index (χ0n) is 40.7. The molecule has 4 amide bonds. The molecule has 72 heavy (non-hydrogen) atoms. The van der Waals surface area contributed by atoms with Crippen LogP contribution in [0.5, 0.6) is 23.0 Å². The van der Waals surface area contributed by atoms with Crippen molar-refractivity contribution in [3.63, 3.8) is 0 Å². The molecule has 0 radical (unpaired) electrons. The summed E-state index contributed by atoms with van der Waals surface area (Å²) in [4.78, 5) is 79.6. The fourth-order valence-electron chi connectivity index (χ4n) is 7.69. The summed E-state index contributed by atoms with van der Waals surface area (Å²) < 4.78 is 38.0. The minimum Gasteiger partial charge on any atom is -0.507 e. The van der Waals surface area contributed by atoms with E-state index >= 15 is 0 Å². The number of amides is 4. The van der Waals surface area contributed by atoms with Gasteiger partial charge < -0.3 is 68.0 Å². The van der Waals surface area contributed by atoms with Gasteiger partial charge in [0.15, 0.2) is 17.3 Å². The molecule has 24 nitrogen and oxygen atoms in total. The molecule has 5 atom stereocenters. The number of ether oxygens (including phenoxy) is 2. The van der Waals surface area contributed by atoms with Crippen LogP contribution < -0.4 is 52.5 Å². The van der Waals surface area contributed by atoms with Crippen molar-refractivity contribution in [3.8, 4) is 45.5 Å². The third-order valence-corrected chi connectivity index (χ3v) is 12.2. The summed E-state index contributed by atoms with van der Waals surface area (Å²) in [5.41, 5.74) is 18.6. The van der Waals surface area contributed by atoms with Crippen molar-refractivity contribution >= 4 is 45.6 Å². The monoisotopic (exact) mass is 1020 g/mol. The zero-order valence-corrected chi connectivity index (χ0v) is 41.5. The van der Waals surface area contributed by atoms with Crippen molar-refractivity contribution in [3.05, 3.63) is 76.5 Å². The van der Waals surface area contributed by atoms with E-state index in [2.05, 4.69) is 30.6 Å². The highest BCUT2D eigenvalue weighted by atomic mass is 32.2. The number of carbonyl (C=O) groups is 5. The van der Waals surface area contributed by atoms with E-state index in [1.54, 1.807) is 24.3 Å². The van der Waals surface area contributed by atoms with Crippen molar-refractivity contribution in [2.24, 2.45) is 16.6 Å². The van der Waals surface area contributed by atoms with Gasteiger partial charge in [0.1, 0.15) is 59.8 Å². The minimum atomic E-state index is -4.34. The van der Waals surface area contributed by atoms with Gasteiger partial charge in [-0.3, -0.25) is 19.2 Å². The van der Waals surface area contributed by atoms with E-state index in [1.807, 2.05) is 20.8 Å². The van der Waals surface area contributed by atoms with Crippen molar-refractivity contribution in [2.45, 2.75) is 89.6 Å². The van der Waals surface area contributed by atoms with Gasteiger partial charge in [0.2, 0.25) is 17.7 Å². The van der Waals surface area contributed by atoms with Crippen LogP contribution in [-0.4, -0.2) is 137 Å². The van der Waals surface area contributed by atoms with Crippen LogP contribution in [0.25, 0.3) is 22.5 Å². The van der Waals surface area contributed by atoms with E-state index in [0.717, 1.165) is 10.5 Å². The molecule has 4 bridgehead atoms. The number of anilines is 1. The fourth-order valence-corrected chi connectivity index (χ4v) is 8.10. The first-order chi connectivity index (χ1) is 33.7. The molecule has 0 spiro atoms. The molecule has 4 aromatic rings. The molecule has 25 heteroatoms. The van der Waals surface area contributed by atoms with Crippen LogP contribution in [0.15, 0.2) is 48.5 Å². The number of nitrogens with zero attached hydrogens (tertiary/aromatic N) is 3. The lowest BCUT2D eigenvalue weighted by Crippen LogP contribution is -2.55. The summed E-state index contributed by atoms with van der Waals surface area (Å²) in [5, 5.41) is 56.1. The molecule has 1 aliphatic heterocycles. The Kier molecular flexibility index (Phi) is 18.1. The standard InChI is InChI=1S/C47H63N11O13S/c1-23-37(40(50)57-41(53-23)29-10-9-27(20-34(29)60)47(3,4)5)43(63)55-32(12-14-52-72(51,68)69)45(65)58(6)38-26-18-31(39(61)36(19-26)71-22-28(59)21-49)30-16-25(8-11-35(30)70-15-7-13-48)17-33(46(66)67)56-42(62)24(2)54-44(38)64/h8-11,16,18-20,24,28,32-33,38,52,59-61H,7,12-15,17,21-22,48-49H2,1-6H3,(H,54,64)(H,55,63)(H,56,62)(H,66,67)(H2,50,53,57)(H2,51,68,69)/t24-,28+,32-,33-,38-/m0/s1. The van der Waals surface area contributed by atoms with E-state index in [-0.39, 0.29) is 93.9 Å². The Morgan fingerprint density at radius 1 is 0.958 bits per heavy atom. The predicted molar refractivity (Wildman–Crippen MR) is 264 cm³/mol.